The van der Waals surface area contributed by atoms with Crippen LogP contribution in [0.5, 0.6) is 0 Å². The van der Waals surface area contributed by atoms with Crippen molar-refractivity contribution in [1.82, 2.24) is 4.98 Å². The highest BCUT2D eigenvalue weighted by Gasteiger charge is 2.15. The maximum absolute atomic E-state index is 5.70. The summed E-state index contributed by atoms with van der Waals surface area (Å²) in [6.45, 7) is 1.99. The number of pyridine rings is 1. The minimum Gasteiger partial charge on any atom is -0.399 e. The van der Waals surface area contributed by atoms with E-state index >= 15 is 0 Å². The molecule has 3 rings (SSSR count). The summed E-state index contributed by atoms with van der Waals surface area (Å²) in [5.41, 5.74) is 10.5. The van der Waals surface area contributed by atoms with Crippen molar-refractivity contribution in [2.75, 3.05) is 17.2 Å². The summed E-state index contributed by atoms with van der Waals surface area (Å²) in [6.07, 6.45) is 4.93. The molecule has 0 spiro atoms. The van der Waals surface area contributed by atoms with Crippen LogP contribution >= 0.6 is 24.8 Å². The van der Waals surface area contributed by atoms with Crippen molar-refractivity contribution in [1.29, 1.82) is 0 Å². The second-order valence-corrected chi connectivity index (χ2v) is 4.41. The van der Waals surface area contributed by atoms with E-state index in [1.54, 1.807) is 0 Å². The minimum absolute atomic E-state index is 0. The van der Waals surface area contributed by atoms with Gasteiger partial charge >= 0.3 is 0 Å². The van der Waals surface area contributed by atoms with Gasteiger partial charge in [0.05, 0.1) is 0 Å². The molecule has 2 N–H and O–H groups in total. The number of anilines is 2. The number of aromatic nitrogens is 1. The Bertz CT molecular complexity index is 528. The van der Waals surface area contributed by atoms with Gasteiger partial charge in [-0.05, 0) is 47.9 Å². The number of benzene rings is 1. The predicted octanol–water partition coefficient (Wildman–Crippen LogP) is 3.07. The number of hydrogen-bond donors (Lipinski definition) is 1. The van der Waals surface area contributed by atoms with Gasteiger partial charge in [0.2, 0.25) is 0 Å². The van der Waals surface area contributed by atoms with Crippen LogP contribution in [0, 0.1) is 0 Å². The first-order valence-corrected chi connectivity index (χ1v) is 5.85. The zero-order valence-electron chi connectivity index (χ0n) is 10.5. The Kier molecular flexibility index (Phi) is 5.45. The molecule has 0 aliphatic carbocycles. The molecule has 0 saturated carbocycles. The normalized spacial score (nSPS) is 12.9. The van der Waals surface area contributed by atoms with Crippen molar-refractivity contribution in [2.45, 2.75) is 13.0 Å². The Labute approximate surface area is 125 Å². The topological polar surface area (TPSA) is 42.1 Å². The van der Waals surface area contributed by atoms with E-state index in [1.807, 2.05) is 24.5 Å². The van der Waals surface area contributed by atoms with Crippen LogP contribution < -0.4 is 10.6 Å². The fourth-order valence-corrected chi connectivity index (χ4v) is 2.29. The SMILES string of the molecule is Cl.Cl.Nc1ccc(N2CCc3ccncc3C2)cc1. The molecular weight excluding hydrogens is 281 g/mol. The Balaban J connectivity index is 0.000000902. The Morgan fingerprint density at radius 1 is 1.00 bits per heavy atom. The Hall–Kier alpha value is -1.45. The highest BCUT2D eigenvalue weighted by molar-refractivity contribution is 5.85. The van der Waals surface area contributed by atoms with Crippen LogP contribution in [0.25, 0.3) is 0 Å². The maximum atomic E-state index is 5.70. The van der Waals surface area contributed by atoms with E-state index in [1.165, 1.54) is 16.8 Å². The van der Waals surface area contributed by atoms with Crippen LogP contribution in [0.15, 0.2) is 42.7 Å². The summed E-state index contributed by atoms with van der Waals surface area (Å²) >= 11 is 0. The molecule has 1 aliphatic heterocycles. The molecule has 5 heteroatoms. The summed E-state index contributed by atoms with van der Waals surface area (Å²) < 4.78 is 0. The number of rotatable bonds is 1. The maximum Gasteiger partial charge on any atom is 0.0447 e. The van der Waals surface area contributed by atoms with Crippen molar-refractivity contribution in [3.63, 3.8) is 0 Å². The van der Waals surface area contributed by atoms with E-state index in [4.69, 9.17) is 5.73 Å². The van der Waals surface area contributed by atoms with Crippen LogP contribution in [-0.2, 0) is 13.0 Å². The molecule has 0 atom stereocenters. The van der Waals surface area contributed by atoms with Crippen molar-refractivity contribution in [2.24, 2.45) is 0 Å². The third kappa shape index (κ3) is 3.31. The number of hydrogen-bond acceptors (Lipinski definition) is 3. The fourth-order valence-electron chi connectivity index (χ4n) is 2.29. The number of fused-ring (bicyclic) bond motifs is 1. The van der Waals surface area contributed by atoms with Gasteiger partial charge in [0.1, 0.15) is 0 Å². The first-order valence-electron chi connectivity index (χ1n) is 5.85. The summed E-state index contributed by atoms with van der Waals surface area (Å²) in [4.78, 5) is 6.56. The standard InChI is InChI=1S/C14H15N3.2ClH/c15-13-1-3-14(4-2-13)17-8-6-11-5-7-16-9-12(11)10-17;;/h1-5,7,9H,6,8,10,15H2;2*1H. The van der Waals surface area contributed by atoms with Gasteiger partial charge in [0.15, 0.2) is 0 Å². The molecule has 19 heavy (non-hydrogen) atoms. The monoisotopic (exact) mass is 297 g/mol. The lowest BCUT2D eigenvalue weighted by atomic mass is 10.0. The average molecular weight is 298 g/mol. The third-order valence-corrected chi connectivity index (χ3v) is 3.28. The molecule has 2 heterocycles. The number of nitrogens with zero attached hydrogens (tertiary/aromatic N) is 2. The highest BCUT2D eigenvalue weighted by atomic mass is 35.5. The molecule has 0 fully saturated rings. The first-order chi connectivity index (χ1) is 8.33. The van der Waals surface area contributed by atoms with Crippen molar-refractivity contribution < 1.29 is 0 Å². The molecule has 1 aliphatic rings. The average Bonchev–Trinajstić information content (AvgIpc) is 2.39. The van der Waals surface area contributed by atoms with Crippen molar-refractivity contribution in [3.05, 3.63) is 53.9 Å². The lowest BCUT2D eigenvalue weighted by Crippen LogP contribution is -2.30. The van der Waals surface area contributed by atoms with Gasteiger partial charge < -0.3 is 10.6 Å². The molecular formula is C14H17Cl2N3. The molecule has 2 aromatic rings. The van der Waals surface area contributed by atoms with Crippen LogP contribution in [0.2, 0.25) is 0 Å². The molecule has 3 nitrogen and oxygen atoms in total. The van der Waals surface area contributed by atoms with E-state index < -0.39 is 0 Å². The molecule has 1 aromatic heterocycles. The third-order valence-electron chi connectivity index (χ3n) is 3.28. The fraction of sp³-hybridized carbons (Fsp3) is 0.214. The van der Waals surface area contributed by atoms with Crippen LogP contribution in [0.1, 0.15) is 11.1 Å². The summed E-state index contributed by atoms with van der Waals surface area (Å²) in [5, 5.41) is 0. The van der Waals surface area contributed by atoms with Gasteiger partial charge in [0, 0.05) is 36.9 Å². The van der Waals surface area contributed by atoms with E-state index in [9.17, 15) is 0 Å². The van der Waals surface area contributed by atoms with Gasteiger partial charge in [-0.1, -0.05) is 0 Å². The largest absolute Gasteiger partial charge is 0.399 e. The molecule has 102 valence electrons. The summed E-state index contributed by atoms with van der Waals surface area (Å²) in [7, 11) is 0. The predicted molar refractivity (Wildman–Crippen MR) is 84.3 cm³/mol. The van der Waals surface area contributed by atoms with E-state index in [2.05, 4.69) is 28.1 Å². The van der Waals surface area contributed by atoms with Crippen LogP contribution in [0.4, 0.5) is 11.4 Å². The lowest BCUT2D eigenvalue weighted by Gasteiger charge is -2.30. The van der Waals surface area contributed by atoms with E-state index in [-0.39, 0.29) is 24.8 Å². The first kappa shape index (κ1) is 15.6. The zero-order valence-corrected chi connectivity index (χ0v) is 12.1. The molecule has 0 bridgehead atoms. The van der Waals surface area contributed by atoms with E-state index in [0.29, 0.717) is 0 Å². The Morgan fingerprint density at radius 2 is 1.74 bits per heavy atom. The van der Waals surface area contributed by atoms with Gasteiger partial charge in [-0.3, -0.25) is 4.98 Å². The second-order valence-electron chi connectivity index (χ2n) is 4.41. The number of halogens is 2. The highest BCUT2D eigenvalue weighted by Crippen LogP contribution is 2.24. The van der Waals surface area contributed by atoms with E-state index in [0.717, 1.165) is 25.2 Å². The number of nitrogens with two attached hydrogens (primary N) is 1. The van der Waals surface area contributed by atoms with Crippen LogP contribution in [0.3, 0.4) is 0 Å². The molecule has 0 saturated heterocycles. The molecule has 0 amide bonds. The zero-order chi connectivity index (χ0) is 11.7. The molecule has 1 aromatic carbocycles. The molecule has 0 radical (unpaired) electrons. The molecule has 0 unspecified atom stereocenters. The summed E-state index contributed by atoms with van der Waals surface area (Å²) in [6, 6.07) is 10.2. The smallest absolute Gasteiger partial charge is 0.0447 e. The lowest BCUT2D eigenvalue weighted by molar-refractivity contribution is 0.727. The van der Waals surface area contributed by atoms with Gasteiger partial charge in [0.25, 0.3) is 0 Å². The van der Waals surface area contributed by atoms with Crippen molar-refractivity contribution >= 4 is 36.2 Å². The number of nitrogen functional groups attached to an aromatic ring is 1. The summed E-state index contributed by atoms with van der Waals surface area (Å²) in [5.74, 6) is 0. The quantitative estimate of drug-likeness (QED) is 0.823. The van der Waals surface area contributed by atoms with Crippen molar-refractivity contribution in [3.8, 4) is 0 Å². The second kappa shape index (κ2) is 6.64. The van der Waals surface area contributed by atoms with Gasteiger partial charge in [-0.2, -0.15) is 0 Å². The minimum atomic E-state index is 0. The van der Waals surface area contributed by atoms with Gasteiger partial charge in [-0.15, -0.1) is 24.8 Å². The Morgan fingerprint density at radius 3 is 2.47 bits per heavy atom. The van der Waals surface area contributed by atoms with Gasteiger partial charge in [-0.25, -0.2) is 0 Å². The van der Waals surface area contributed by atoms with Crippen LogP contribution in [-0.4, -0.2) is 11.5 Å².